The van der Waals surface area contributed by atoms with Crippen molar-refractivity contribution in [1.82, 2.24) is 14.9 Å². The molecule has 1 N–H and O–H groups in total. The number of nitrogens with zero attached hydrogens (tertiary/aromatic N) is 2. The predicted octanol–water partition coefficient (Wildman–Crippen LogP) is 3.56. The summed E-state index contributed by atoms with van der Waals surface area (Å²) in [4.78, 5) is 16.3. The van der Waals surface area contributed by atoms with E-state index in [4.69, 9.17) is 0 Å². The van der Waals surface area contributed by atoms with Crippen LogP contribution < -0.4 is 5.32 Å². The van der Waals surface area contributed by atoms with Gasteiger partial charge in [-0.15, -0.1) is 0 Å². The van der Waals surface area contributed by atoms with E-state index >= 15 is 0 Å². The van der Waals surface area contributed by atoms with Crippen LogP contribution in [0.25, 0.3) is 0 Å². The zero-order valence-electron chi connectivity index (χ0n) is 13.3. The molecule has 3 rings (SSSR count). The van der Waals surface area contributed by atoms with E-state index in [1.807, 2.05) is 29.8 Å². The van der Waals surface area contributed by atoms with Crippen LogP contribution >= 0.6 is 0 Å². The normalized spacial score (nSPS) is 11.9. The lowest BCUT2D eigenvalue weighted by molar-refractivity contribution is 0.0940. The highest BCUT2D eigenvalue weighted by molar-refractivity contribution is 5.94. The molecule has 0 radical (unpaired) electrons. The summed E-state index contributed by atoms with van der Waals surface area (Å²) in [5, 5.41) is 2.92. The Hall–Kier alpha value is -2.95. The summed E-state index contributed by atoms with van der Waals surface area (Å²) in [7, 11) is 0. The van der Waals surface area contributed by atoms with Gasteiger partial charge < -0.3 is 9.88 Å². The van der Waals surface area contributed by atoms with Gasteiger partial charge in [0.2, 0.25) is 0 Å². The summed E-state index contributed by atoms with van der Waals surface area (Å²) in [6.07, 6.45) is 5.38. The maximum Gasteiger partial charge on any atom is 0.251 e. The minimum Gasteiger partial charge on any atom is -0.346 e. The van der Waals surface area contributed by atoms with Gasteiger partial charge in [-0.25, -0.2) is 9.37 Å². The average Bonchev–Trinajstić information content (AvgIpc) is 3.09. The minimum absolute atomic E-state index is 0.152. The Morgan fingerprint density at radius 2 is 1.88 bits per heavy atom. The van der Waals surface area contributed by atoms with Crippen LogP contribution in [0.3, 0.4) is 0 Å². The molecule has 0 aliphatic carbocycles. The van der Waals surface area contributed by atoms with Gasteiger partial charge in [0.15, 0.2) is 0 Å². The highest BCUT2D eigenvalue weighted by Gasteiger charge is 2.11. The predicted molar refractivity (Wildman–Crippen MR) is 90.1 cm³/mol. The van der Waals surface area contributed by atoms with E-state index in [9.17, 15) is 9.18 Å². The van der Waals surface area contributed by atoms with Crippen LogP contribution in [0.1, 0.15) is 34.5 Å². The molecular weight excluding hydrogens is 305 g/mol. The maximum absolute atomic E-state index is 13.0. The first-order valence-corrected chi connectivity index (χ1v) is 7.73. The van der Waals surface area contributed by atoms with Crippen LogP contribution in [0.2, 0.25) is 0 Å². The van der Waals surface area contributed by atoms with E-state index in [0.717, 1.165) is 11.1 Å². The second-order valence-electron chi connectivity index (χ2n) is 5.68. The molecule has 0 fully saturated rings. The summed E-state index contributed by atoms with van der Waals surface area (Å²) in [6.45, 7) is 2.59. The molecule has 2 aromatic carbocycles. The molecule has 3 aromatic rings. The lowest BCUT2D eigenvalue weighted by Gasteiger charge is -2.14. The number of halogens is 1. The molecule has 5 heteroatoms. The Balaban J connectivity index is 1.63. The fraction of sp³-hybridized carbons (Fsp3) is 0.158. The molecule has 0 saturated carbocycles. The highest BCUT2D eigenvalue weighted by Crippen LogP contribution is 2.14. The molecule has 1 amide bonds. The number of amides is 1. The number of hydrogen-bond acceptors (Lipinski definition) is 2. The van der Waals surface area contributed by atoms with Gasteiger partial charge in [-0.3, -0.25) is 4.79 Å². The van der Waals surface area contributed by atoms with Crippen molar-refractivity contribution in [3.63, 3.8) is 0 Å². The number of hydrogen-bond donors (Lipinski definition) is 1. The maximum atomic E-state index is 13.0. The van der Waals surface area contributed by atoms with Crippen LogP contribution in [-0.2, 0) is 6.54 Å². The lowest BCUT2D eigenvalue weighted by atomic mass is 10.1. The van der Waals surface area contributed by atoms with Crippen LogP contribution in [0, 0.1) is 5.82 Å². The van der Waals surface area contributed by atoms with Crippen molar-refractivity contribution in [3.8, 4) is 0 Å². The van der Waals surface area contributed by atoms with E-state index in [2.05, 4.69) is 10.3 Å². The Labute approximate surface area is 140 Å². The first-order chi connectivity index (χ1) is 11.6. The monoisotopic (exact) mass is 323 g/mol. The number of aromatic nitrogens is 2. The number of carbonyl (C=O) groups excluding carboxylic acids is 1. The second kappa shape index (κ2) is 7.08. The molecule has 1 atom stereocenters. The number of carbonyl (C=O) groups is 1. The van der Waals surface area contributed by atoms with Crippen molar-refractivity contribution in [2.75, 3.05) is 0 Å². The summed E-state index contributed by atoms with van der Waals surface area (Å²) in [6, 6.07) is 13.4. The fourth-order valence-corrected chi connectivity index (χ4v) is 2.47. The summed E-state index contributed by atoms with van der Waals surface area (Å²) < 4.78 is 14.9. The van der Waals surface area contributed by atoms with Gasteiger partial charge in [-0.1, -0.05) is 24.3 Å². The summed E-state index contributed by atoms with van der Waals surface area (Å²) in [5.41, 5.74) is 2.55. The van der Waals surface area contributed by atoms with Crippen LogP contribution in [0.15, 0.2) is 67.3 Å². The van der Waals surface area contributed by atoms with Gasteiger partial charge in [0, 0.05) is 24.5 Å². The Morgan fingerprint density at radius 1 is 1.17 bits per heavy atom. The minimum atomic E-state index is -0.286. The molecule has 0 bridgehead atoms. The smallest absolute Gasteiger partial charge is 0.251 e. The van der Waals surface area contributed by atoms with Crippen molar-refractivity contribution < 1.29 is 9.18 Å². The Bertz CT molecular complexity index is 796. The first kappa shape index (κ1) is 15.9. The van der Waals surface area contributed by atoms with Crippen molar-refractivity contribution >= 4 is 5.91 Å². The quantitative estimate of drug-likeness (QED) is 0.780. The third-order valence-electron chi connectivity index (χ3n) is 3.86. The topological polar surface area (TPSA) is 46.9 Å². The van der Waals surface area contributed by atoms with Crippen molar-refractivity contribution in [3.05, 3.63) is 89.8 Å². The average molecular weight is 323 g/mol. The van der Waals surface area contributed by atoms with Gasteiger partial charge >= 0.3 is 0 Å². The second-order valence-corrected chi connectivity index (χ2v) is 5.68. The molecule has 0 unspecified atom stereocenters. The van der Waals surface area contributed by atoms with E-state index in [1.54, 1.807) is 36.8 Å². The number of imidazole rings is 1. The van der Waals surface area contributed by atoms with Gasteiger partial charge in [0.1, 0.15) is 5.82 Å². The lowest BCUT2D eigenvalue weighted by Crippen LogP contribution is -2.26. The van der Waals surface area contributed by atoms with Crippen LogP contribution in [0.4, 0.5) is 4.39 Å². The molecule has 122 valence electrons. The molecule has 4 nitrogen and oxygen atoms in total. The van der Waals surface area contributed by atoms with Gasteiger partial charge in [0.25, 0.3) is 5.91 Å². The standard InChI is InChI=1S/C19H18FN3O/c1-14(16-6-8-18(20)9-7-16)22-19(24)17-4-2-15(3-5-17)12-23-11-10-21-13-23/h2-11,13-14H,12H2,1H3,(H,22,24)/t14-/m1/s1. The van der Waals surface area contributed by atoms with Crippen molar-refractivity contribution in [2.45, 2.75) is 19.5 Å². The van der Waals surface area contributed by atoms with Crippen molar-refractivity contribution in [1.29, 1.82) is 0 Å². The zero-order chi connectivity index (χ0) is 16.9. The molecule has 0 saturated heterocycles. The summed E-state index contributed by atoms with van der Waals surface area (Å²) >= 11 is 0. The molecule has 24 heavy (non-hydrogen) atoms. The Kier molecular flexibility index (Phi) is 4.70. The first-order valence-electron chi connectivity index (χ1n) is 7.73. The zero-order valence-corrected chi connectivity index (χ0v) is 13.3. The van der Waals surface area contributed by atoms with E-state index < -0.39 is 0 Å². The van der Waals surface area contributed by atoms with Crippen LogP contribution in [0.5, 0.6) is 0 Å². The number of benzene rings is 2. The fourth-order valence-electron chi connectivity index (χ4n) is 2.47. The summed E-state index contributed by atoms with van der Waals surface area (Å²) in [5.74, 6) is -0.438. The van der Waals surface area contributed by atoms with Gasteiger partial charge in [-0.05, 0) is 42.3 Å². The Morgan fingerprint density at radius 3 is 2.50 bits per heavy atom. The molecule has 1 heterocycles. The number of rotatable bonds is 5. The molecule has 0 aliphatic heterocycles. The number of nitrogens with one attached hydrogen (secondary N) is 1. The molecule has 0 aliphatic rings. The van der Waals surface area contributed by atoms with Crippen LogP contribution in [-0.4, -0.2) is 15.5 Å². The molecular formula is C19H18FN3O. The van der Waals surface area contributed by atoms with Gasteiger partial charge in [-0.2, -0.15) is 0 Å². The third kappa shape index (κ3) is 3.87. The highest BCUT2D eigenvalue weighted by atomic mass is 19.1. The SMILES string of the molecule is C[C@@H](NC(=O)c1ccc(Cn2ccnc2)cc1)c1ccc(F)cc1. The van der Waals surface area contributed by atoms with E-state index in [-0.39, 0.29) is 17.8 Å². The van der Waals surface area contributed by atoms with E-state index in [0.29, 0.717) is 12.1 Å². The third-order valence-corrected chi connectivity index (χ3v) is 3.86. The molecule has 0 spiro atoms. The van der Waals surface area contributed by atoms with E-state index in [1.165, 1.54) is 12.1 Å². The van der Waals surface area contributed by atoms with Gasteiger partial charge in [0.05, 0.1) is 12.4 Å². The largest absolute Gasteiger partial charge is 0.346 e. The molecule has 1 aromatic heterocycles. The van der Waals surface area contributed by atoms with Crippen molar-refractivity contribution in [2.24, 2.45) is 0 Å².